The first-order valence-electron chi connectivity index (χ1n) is 5.43. The average Bonchev–Trinajstić information content (AvgIpc) is 1.94. The third-order valence-electron chi connectivity index (χ3n) is 2.51. The molecule has 98 valence electrons. The molecule has 0 unspecified atom stereocenters. The molecule has 0 bridgehead atoms. The summed E-state index contributed by atoms with van der Waals surface area (Å²) in [5.74, 6) is -1.16. The van der Waals surface area contributed by atoms with Crippen molar-refractivity contribution < 1.29 is 24.5 Å². The van der Waals surface area contributed by atoms with E-state index < -0.39 is 28.8 Å². The zero-order valence-electron chi connectivity index (χ0n) is 10.5. The second-order valence-corrected chi connectivity index (χ2v) is 5.86. The van der Waals surface area contributed by atoms with Crippen LogP contribution < -0.4 is 5.32 Å². The second kappa shape index (κ2) is 3.87. The maximum Gasteiger partial charge on any atom is 0.408 e. The van der Waals surface area contributed by atoms with Gasteiger partial charge in [-0.3, -0.25) is 0 Å². The minimum Gasteiger partial charge on any atom is -0.479 e. The lowest BCUT2D eigenvalue weighted by atomic mass is 9.66. The fourth-order valence-corrected chi connectivity index (χ4v) is 2.04. The molecule has 6 heteroatoms. The smallest absolute Gasteiger partial charge is 0.408 e. The molecule has 6 nitrogen and oxygen atoms in total. The monoisotopic (exact) mass is 245 g/mol. The van der Waals surface area contributed by atoms with Crippen molar-refractivity contribution in [1.29, 1.82) is 0 Å². The van der Waals surface area contributed by atoms with Crippen LogP contribution in [0.2, 0.25) is 0 Å². The van der Waals surface area contributed by atoms with E-state index in [4.69, 9.17) is 9.84 Å². The molecule has 17 heavy (non-hydrogen) atoms. The van der Waals surface area contributed by atoms with Gasteiger partial charge in [0.1, 0.15) is 11.1 Å². The molecule has 0 spiro atoms. The Labute approximate surface area is 100.0 Å². The van der Waals surface area contributed by atoms with Crippen LogP contribution in [0.25, 0.3) is 0 Å². The zero-order chi connectivity index (χ0) is 13.5. The zero-order valence-corrected chi connectivity index (χ0v) is 10.5. The Balaban J connectivity index is 2.65. The molecule has 0 aromatic carbocycles. The molecule has 0 aromatic rings. The molecular weight excluding hydrogens is 226 g/mol. The number of carbonyl (C=O) groups excluding carboxylic acids is 1. The van der Waals surface area contributed by atoms with Gasteiger partial charge in [0, 0.05) is 12.8 Å². The summed E-state index contributed by atoms with van der Waals surface area (Å²) in [6.07, 6.45) is -0.821. The van der Waals surface area contributed by atoms with Gasteiger partial charge in [-0.25, -0.2) is 9.59 Å². The second-order valence-electron chi connectivity index (χ2n) is 5.86. The van der Waals surface area contributed by atoms with Gasteiger partial charge in [-0.1, -0.05) is 0 Å². The van der Waals surface area contributed by atoms with Crippen molar-refractivity contribution >= 4 is 12.1 Å². The number of ether oxygens (including phenoxy) is 1. The van der Waals surface area contributed by atoms with E-state index in [1.807, 2.05) is 0 Å². The normalized spacial score (nSPS) is 32.5. The fourth-order valence-electron chi connectivity index (χ4n) is 2.04. The molecule has 0 radical (unpaired) electrons. The highest BCUT2D eigenvalue weighted by atomic mass is 16.6. The SMILES string of the molecule is CC1(O)CC(NC(=O)OC(C)(C)C)(C(=O)O)C1. The molecular formula is C11H19NO5. The van der Waals surface area contributed by atoms with Gasteiger partial charge in [0.2, 0.25) is 0 Å². The number of nitrogens with one attached hydrogen (secondary N) is 1. The highest BCUT2D eigenvalue weighted by Crippen LogP contribution is 2.41. The summed E-state index contributed by atoms with van der Waals surface area (Å²) in [6, 6.07) is 0. The highest BCUT2D eigenvalue weighted by molar-refractivity contribution is 5.86. The number of carboxylic acids is 1. The van der Waals surface area contributed by atoms with Gasteiger partial charge >= 0.3 is 12.1 Å². The molecule has 0 saturated heterocycles. The minimum absolute atomic E-state index is 0.0193. The number of aliphatic hydroxyl groups is 1. The number of carbonyl (C=O) groups is 2. The molecule has 0 atom stereocenters. The number of carboxylic acid groups (broad SMARTS) is 1. The Morgan fingerprint density at radius 2 is 1.76 bits per heavy atom. The number of hydrogen-bond donors (Lipinski definition) is 3. The molecule has 1 fully saturated rings. The third-order valence-corrected chi connectivity index (χ3v) is 2.51. The van der Waals surface area contributed by atoms with E-state index in [0.29, 0.717) is 0 Å². The molecule has 0 heterocycles. The standard InChI is InChI=1S/C11H19NO5/c1-9(2,3)17-8(15)12-11(7(13)14)5-10(4,16)6-11/h16H,5-6H2,1-4H3,(H,12,15)(H,13,14). The summed E-state index contributed by atoms with van der Waals surface area (Å²) in [4.78, 5) is 22.6. The molecule has 0 aliphatic heterocycles. The topological polar surface area (TPSA) is 95.9 Å². The van der Waals surface area contributed by atoms with Crippen molar-refractivity contribution in [2.75, 3.05) is 0 Å². The Kier molecular flexibility index (Phi) is 3.13. The van der Waals surface area contributed by atoms with Crippen molar-refractivity contribution in [3.8, 4) is 0 Å². The van der Waals surface area contributed by atoms with E-state index in [1.54, 1.807) is 20.8 Å². The Bertz CT molecular complexity index is 334. The maximum atomic E-state index is 11.5. The van der Waals surface area contributed by atoms with Gasteiger partial charge < -0.3 is 20.3 Å². The lowest BCUT2D eigenvalue weighted by Gasteiger charge is -2.48. The van der Waals surface area contributed by atoms with E-state index in [0.717, 1.165) is 0 Å². The summed E-state index contributed by atoms with van der Waals surface area (Å²) >= 11 is 0. The summed E-state index contributed by atoms with van der Waals surface area (Å²) in [7, 11) is 0. The van der Waals surface area contributed by atoms with Crippen LogP contribution in [0.15, 0.2) is 0 Å². The van der Waals surface area contributed by atoms with E-state index in [2.05, 4.69) is 5.32 Å². The summed E-state index contributed by atoms with van der Waals surface area (Å²) in [6.45, 7) is 6.61. The van der Waals surface area contributed by atoms with Crippen LogP contribution in [0.1, 0.15) is 40.5 Å². The van der Waals surface area contributed by atoms with Gasteiger partial charge in [0.05, 0.1) is 5.60 Å². The van der Waals surface area contributed by atoms with Crippen LogP contribution in [0.4, 0.5) is 4.79 Å². The van der Waals surface area contributed by atoms with Crippen LogP contribution in [-0.2, 0) is 9.53 Å². The fraction of sp³-hybridized carbons (Fsp3) is 0.818. The molecule has 1 rings (SSSR count). The molecule has 0 aromatic heterocycles. The Hall–Kier alpha value is -1.30. The van der Waals surface area contributed by atoms with Gasteiger partial charge in [0.15, 0.2) is 0 Å². The van der Waals surface area contributed by atoms with Crippen LogP contribution in [0.5, 0.6) is 0 Å². The van der Waals surface area contributed by atoms with Gasteiger partial charge in [-0.15, -0.1) is 0 Å². The van der Waals surface area contributed by atoms with Gasteiger partial charge in [-0.05, 0) is 27.7 Å². The Morgan fingerprint density at radius 3 is 2.06 bits per heavy atom. The average molecular weight is 245 g/mol. The van der Waals surface area contributed by atoms with Crippen LogP contribution in [0.3, 0.4) is 0 Å². The van der Waals surface area contributed by atoms with Crippen molar-refractivity contribution in [1.82, 2.24) is 5.32 Å². The van der Waals surface area contributed by atoms with Crippen LogP contribution in [0, 0.1) is 0 Å². The largest absolute Gasteiger partial charge is 0.479 e. The van der Waals surface area contributed by atoms with Crippen molar-refractivity contribution in [2.45, 2.75) is 57.3 Å². The van der Waals surface area contributed by atoms with Crippen LogP contribution >= 0.6 is 0 Å². The third kappa shape index (κ3) is 3.33. The highest BCUT2D eigenvalue weighted by Gasteiger charge is 2.57. The predicted molar refractivity (Wildman–Crippen MR) is 59.6 cm³/mol. The van der Waals surface area contributed by atoms with Gasteiger partial charge in [-0.2, -0.15) is 0 Å². The van der Waals surface area contributed by atoms with Crippen molar-refractivity contribution in [3.05, 3.63) is 0 Å². The Morgan fingerprint density at radius 1 is 1.29 bits per heavy atom. The number of hydrogen-bond acceptors (Lipinski definition) is 4. The lowest BCUT2D eigenvalue weighted by molar-refractivity contribution is -0.164. The van der Waals surface area contributed by atoms with E-state index in [9.17, 15) is 14.7 Å². The quantitative estimate of drug-likeness (QED) is 0.671. The first kappa shape index (κ1) is 13.8. The molecule has 3 N–H and O–H groups in total. The lowest BCUT2D eigenvalue weighted by Crippen LogP contribution is -2.68. The molecule has 1 aliphatic carbocycles. The van der Waals surface area contributed by atoms with E-state index in [1.165, 1.54) is 6.92 Å². The molecule has 1 aliphatic rings. The first-order chi connectivity index (χ1) is 7.46. The number of aliphatic carboxylic acids is 1. The van der Waals surface area contributed by atoms with Crippen molar-refractivity contribution in [2.24, 2.45) is 0 Å². The number of alkyl carbamates (subject to hydrolysis) is 1. The number of rotatable bonds is 2. The van der Waals surface area contributed by atoms with E-state index >= 15 is 0 Å². The maximum absolute atomic E-state index is 11.5. The first-order valence-corrected chi connectivity index (χ1v) is 5.43. The summed E-state index contributed by atoms with van der Waals surface area (Å²) in [5, 5.41) is 21.0. The predicted octanol–water partition coefficient (Wildman–Crippen LogP) is 0.879. The summed E-state index contributed by atoms with van der Waals surface area (Å²) < 4.78 is 4.99. The molecule has 1 amide bonds. The number of amides is 1. The van der Waals surface area contributed by atoms with Crippen molar-refractivity contribution in [3.63, 3.8) is 0 Å². The van der Waals surface area contributed by atoms with Gasteiger partial charge in [0.25, 0.3) is 0 Å². The van der Waals surface area contributed by atoms with E-state index in [-0.39, 0.29) is 12.8 Å². The van der Waals surface area contributed by atoms with Crippen LogP contribution in [-0.4, -0.2) is 39.0 Å². The molecule has 1 saturated carbocycles. The minimum atomic E-state index is -1.41. The summed E-state index contributed by atoms with van der Waals surface area (Å²) in [5.41, 5.74) is -3.14.